The van der Waals surface area contributed by atoms with Crippen molar-refractivity contribution in [3.63, 3.8) is 0 Å². The Bertz CT molecular complexity index is 849. The Labute approximate surface area is 143 Å². The molecule has 0 fully saturated rings. The van der Waals surface area contributed by atoms with Crippen LogP contribution in [0.2, 0.25) is 0 Å². The number of benzene rings is 1. The first-order valence-corrected chi connectivity index (χ1v) is 8.25. The van der Waals surface area contributed by atoms with E-state index in [9.17, 15) is 4.79 Å². The average Bonchev–Trinajstić information content (AvgIpc) is 3.20. The lowest BCUT2D eigenvalue weighted by atomic mass is 10.1. The van der Waals surface area contributed by atoms with E-state index < -0.39 is 5.97 Å². The molecule has 3 rings (SSSR count). The molecule has 24 heavy (non-hydrogen) atoms. The first-order valence-electron chi connectivity index (χ1n) is 7.26. The predicted molar refractivity (Wildman–Crippen MR) is 88.8 cm³/mol. The number of furan rings is 1. The van der Waals surface area contributed by atoms with E-state index in [4.69, 9.17) is 8.83 Å². The lowest BCUT2D eigenvalue weighted by Gasteiger charge is -2.00. The van der Waals surface area contributed by atoms with Crippen LogP contribution in [0.25, 0.3) is 11.5 Å². The maximum Gasteiger partial charge on any atom is 0.374 e. The van der Waals surface area contributed by atoms with Gasteiger partial charge in [-0.25, -0.2) is 4.79 Å². The fraction of sp³-hybridized carbons (Fsp3) is 0.235. The van der Waals surface area contributed by atoms with Crippen molar-refractivity contribution in [3.05, 3.63) is 53.0 Å². The number of esters is 1. The predicted octanol–water partition coefficient (Wildman–Crippen LogP) is 4.03. The molecular formula is C17H16N2O4S. The topological polar surface area (TPSA) is 78.4 Å². The van der Waals surface area contributed by atoms with Gasteiger partial charge < -0.3 is 13.6 Å². The van der Waals surface area contributed by atoms with Crippen LogP contribution in [0.3, 0.4) is 0 Å². The van der Waals surface area contributed by atoms with Gasteiger partial charge in [0.1, 0.15) is 0 Å². The van der Waals surface area contributed by atoms with Crippen molar-refractivity contribution in [1.29, 1.82) is 0 Å². The Morgan fingerprint density at radius 2 is 1.96 bits per heavy atom. The van der Waals surface area contributed by atoms with Crippen LogP contribution in [-0.4, -0.2) is 23.3 Å². The first kappa shape index (κ1) is 16.3. The van der Waals surface area contributed by atoms with Crippen molar-refractivity contribution < 1.29 is 18.4 Å². The minimum absolute atomic E-state index is 0.194. The second kappa shape index (κ2) is 6.92. The molecule has 0 radical (unpaired) electrons. The van der Waals surface area contributed by atoms with Gasteiger partial charge in [0, 0.05) is 16.9 Å². The lowest BCUT2D eigenvalue weighted by molar-refractivity contribution is 0.0564. The van der Waals surface area contributed by atoms with Gasteiger partial charge in [0.15, 0.2) is 0 Å². The van der Waals surface area contributed by atoms with Crippen LogP contribution in [0.4, 0.5) is 0 Å². The van der Waals surface area contributed by atoms with Gasteiger partial charge in [-0.15, -0.1) is 10.2 Å². The van der Waals surface area contributed by atoms with Crippen LogP contribution in [0, 0.1) is 13.8 Å². The minimum atomic E-state index is -0.503. The molecule has 0 unspecified atom stereocenters. The molecule has 0 aliphatic carbocycles. The van der Waals surface area contributed by atoms with Crippen molar-refractivity contribution in [2.45, 2.75) is 24.8 Å². The number of aromatic nitrogens is 2. The molecule has 0 aliphatic rings. The molecule has 2 heterocycles. The van der Waals surface area contributed by atoms with Gasteiger partial charge in [0.05, 0.1) is 13.4 Å². The molecule has 0 aliphatic heterocycles. The van der Waals surface area contributed by atoms with Crippen LogP contribution in [-0.2, 0) is 10.5 Å². The number of aryl methyl sites for hydroxylation is 2. The van der Waals surface area contributed by atoms with Crippen molar-refractivity contribution in [1.82, 2.24) is 10.2 Å². The van der Waals surface area contributed by atoms with Gasteiger partial charge in [0.25, 0.3) is 5.22 Å². The Morgan fingerprint density at radius 1 is 1.21 bits per heavy atom. The van der Waals surface area contributed by atoms with Crippen LogP contribution in [0.5, 0.6) is 0 Å². The molecule has 6 nitrogen and oxygen atoms in total. The van der Waals surface area contributed by atoms with Gasteiger partial charge in [-0.2, -0.15) is 0 Å². The summed E-state index contributed by atoms with van der Waals surface area (Å²) < 4.78 is 15.5. The maximum atomic E-state index is 11.6. The van der Waals surface area contributed by atoms with Crippen molar-refractivity contribution in [3.8, 4) is 11.5 Å². The van der Waals surface area contributed by atoms with Crippen molar-refractivity contribution >= 4 is 17.7 Å². The number of thioether (sulfide) groups is 1. The Hall–Kier alpha value is -2.54. The van der Waals surface area contributed by atoms with Gasteiger partial charge in [-0.05, 0) is 32.0 Å². The van der Waals surface area contributed by atoms with Crippen LogP contribution in [0.1, 0.15) is 27.2 Å². The second-order valence-corrected chi connectivity index (χ2v) is 6.23. The highest BCUT2D eigenvalue weighted by atomic mass is 32.2. The summed E-state index contributed by atoms with van der Waals surface area (Å²) in [6.07, 6.45) is 1.46. The molecule has 3 aromatic rings. The van der Waals surface area contributed by atoms with E-state index in [1.54, 1.807) is 6.07 Å². The number of carbonyl (C=O) groups excluding carboxylic acids is 1. The number of nitrogens with zero attached hydrogens (tertiary/aromatic N) is 2. The maximum absolute atomic E-state index is 11.6. The summed E-state index contributed by atoms with van der Waals surface area (Å²) in [6.45, 7) is 4.05. The van der Waals surface area contributed by atoms with Gasteiger partial charge in [-0.3, -0.25) is 0 Å². The van der Waals surface area contributed by atoms with Crippen molar-refractivity contribution in [2.75, 3.05) is 7.11 Å². The summed E-state index contributed by atoms with van der Waals surface area (Å²) >= 11 is 1.34. The highest BCUT2D eigenvalue weighted by Gasteiger charge is 2.17. The molecule has 0 atom stereocenters. The number of carbonyl (C=O) groups is 1. The zero-order chi connectivity index (χ0) is 17.1. The van der Waals surface area contributed by atoms with E-state index in [1.165, 1.54) is 25.1 Å². The number of hydrogen-bond donors (Lipinski definition) is 0. The van der Waals surface area contributed by atoms with E-state index in [0.29, 0.717) is 16.9 Å². The van der Waals surface area contributed by atoms with Crippen molar-refractivity contribution in [2.24, 2.45) is 0 Å². The smallest absolute Gasteiger partial charge is 0.374 e. The number of hydrogen-bond acceptors (Lipinski definition) is 7. The van der Waals surface area contributed by atoms with E-state index >= 15 is 0 Å². The summed E-state index contributed by atoms with van der Waals surface area (Å²) in [5.74, 6) is 0.635. The summed E-state index contributed by atoms with van der Waals surface area (Å²) in [6, 6.07) is 7.81. The highest BCUT2D eigenvalue weighted by molar-refractivity contribution is 7.98. The third-order valence-corrected chi connectivity index (χ3v) is 4.21. The molecule has 1 aromatic carbocycles. The summed E-state index contributed by atoms with van der Waals surface area (Å²) in [5, 5.41) is 8.57. The summed E-state index contributed by atoms with van der Waals surface area (Å²) in [4.78, 5) is 11.6. The van der Waals surface area contributed by atoms with Gasteiger partial charge >= 0.3 is 5.97 Å². The molecule has 124 valence electrons. The van der Waals surface area contributed by atoms with Gasteiger partial charge in [0.2, 0.25) is 11.7 Å². The van der Waals surface area contributed by atoms with Crippen LogP contribution < -0.4 is 0 Å². The largest absolute Gasteiger partial charge is 0.463 e. The monoisotopic (exact) mass is 344 g/mol. The summed E-state index contributed by atoms with van der Waals surface area (Å²) in [5.41, 5.74) is 3.89. The molecular weight excluding hydrogens is 328 g/mol. The fourth-order valence-electron chi connectivity index (χ4n) is 2.34. The number of methoxy groups -OCH3 is 1. The van der Waals surface area contributed by atoms with Crippen LogP contribution in [0.15, 0.2) is 44.6 Å². The molecule has 0 bridgehead atoms. The third kappa shape index (κ3) is 3.51. The standard InChI is InChI=1S/C17H16N2O4S/c1-10-6-11(2)8-13(7-10)15-18-19-17(23-15)24-9-12-4-5-22-14(12)16(20)21-3/h4-8H,9H2,1-3H3. The summed E-state index contributed by atoms with van der Waals surface area (Å²) in [7, 11) is 1.32. The van der Waals surface area contributed by atoms with E-state index in [1.807, 2.05) is 26.0 Å². The molecule has 0 N–H and O–H groups in total. The second-order valence-electron chi connectivity index (χ2n) is 5.30. The quantitative estimate of drug-likeness (QED) is 0.511. The van der Waals surface area contributed by atoms with E-state index in [0.717, 1.165) is 22.3 Å². The normalized spacial score (nSPS) is 10.8. The SMILES string of the molecule is COC(=O)c1occc1CSc1nnc(-c2cc(C)cc(C)c2)o1. The zero-order valence-electron chi connectivity index (χ0n) is 13.5. The zero-order valence-corrected chi connectivity index (χ0v) is 14.3. The van der Waals surface area contributed by atoms with E-state index in [-0.39, 0.29) is 5.76 Å². The van der Waals surface area contributed by atoms with E-state index in [2.05, 4.69) is 21.0 Å². The number of ether oxygens (including phenoxy) is 1. The molecule has 0 amide bonds. The van der Waals surface area contributed by atoms with Crippen LogP contribution >= 0.6 is 11.8 Å². The fourth-order valence-corrected chi connectivity index (χ4v) is 3.09. The molecule has 2 aromatic heterocycles. The molecule has 7 heteroatoms. The molecule has 0 spiro atoms. The Balaban J connectivity index is 1.73. The Kier molecular flexibility index (Phi) is 4.71. The minimum Gasteiger partial charge on any atom is -0.463 e. The highest BCUT2D eigenvalue weighted by Crippen LogP contribution is 2.28. The number of rotatable bonds is 5. The molecule has 0 saturated carbocycles. The Morgan fingerprint density at radius 3 is 2.67 bits per heavy atom. The third-order valence-electron chi connectivity index (χ3n) is 3.34. The van der Waals surface area contributed by atoms with Gasteiger partial charge in [-0.1, -0.05) is 29.0 Å². The molecule has 0 saturated heterocycles. The lowest BCUT2D eigenvalue weighted by Crippen LogP contribution is -2.02. The average molecular weight is 344 g/mol. The first-order chi connectivity index (χ1) is 11.6.